The number of hydrogen-bond donors (Lipinski definition) is 2. The predicted molar refractivity (Wildman–Crippen MR) is 94.9 cm³/mol. The van der Waals surface area contributed by atoms with Crippen molar-refractivity contribution in [3.8, 4) is 0 Å². The summed E-state index contributed by atoms with van der Waals surface area (Å²) >= 11 is 0. The first kappa shape index (κ1) is 18.4. The lowest BCUT2D eigenvalue weighted by Crippen LogP contribution is -2.25. The Morgan fingerprint density at radius 1 is 1.38 bits per heavy atom. The van der Waals surface area contributed by atoms with Crippen LogP contribution in [0.1, 0.15) is 33.6 Å². The molecule has 1 atom stereocenters. The van der Waals surface area contributed by atoms with E-state index in [9.17, 15) is 9.90 Å². The standard InChI is InChI=1S/C18H27N3O3/c1-4-24-11-7-10-21-15-9-6-5-8-14(15)19-18(21)20-17(23)12-16(22)13(2)3/h5-6,8-9,13,16,22H,4,7,10-12H2,1-3H3,(H,19,20,23). The number of aryl methyl sites for hydroxylation is 1. The minimum atomic E-state index is -0.652. The van der Waals surface area contributed by atoms with Crippen molar-refractivity contribution >= 4 is 22.9 Å². The van der Waals surface area contributed by atoms with E-state index in [0.717, 1.165) is 17.5 Å². The molecule has 2 N–H and O–H groups in total. The molecule has 6 heteroatoms. The molecule has 1 aromatic carbocycles. The summed E-state index contributed by atoms with van der Waals surface area (Å²) in [6.45, 7) is 7.83. The third-order valence-electron chi connectivity index (χ3n) is 3.94. The first-order valence-corrected chi connectivity index (χ1v) is 8.53. The minimum absolute atomic E-state index is 0.0424. The Hall–Kier alpha value is -1.92. The van der Waals surface area contributed by atoms with E-state index in [2.05, 4.69) is 10.3 Å². The van der Waals surface area contributed by atoms with Crippen LogP contribution in [-0.4, -0.2) is 39.9 Å². The van der Waals surface area contributed by atoms with E-state index in [0.29, 0.717) is 25.7 Å². The lowest BCUT2D eigenvalue weighted by atomic mass is 10.0. The van der Waals surface area contributed by atoms with E-state index in [-0.39, 0.29) is 18.2 Å². The van der Waals surface area contributed by atoms with E-state index >= 15 is 0 Å². The van der Waals surface area contributed by atoms with Crippen LogP contribution in [0, 0.1) is 5.92 Å². The van der Waals surface area contributed by atoms with Crippen LogP contribution in [0.25, 0.3) is 11.0 Å². The maximum absolute atomic E-state index is 12.2. The fourth-order valence-corrected chi connectivity index (χ4v) is 2.47. The van der Waals surface area contributed by atoms with Crippen LogP contribution in [0.15, 0.2) is 24.3 Å². The molecule has 0 saturated carbocycles. The molecule has 0 bridgehead atoms. The SMILES string of the molecule is CCOCCCn1c(NC(=O)CC(O)C(C)C)nc2ccccc21. The number of rotatable bonds is 9. The number of carbonyl (C=O) groups excluding carboxylic acids is 1. The Kier molecular flexibility index (Phi) is 6.75. The molecule has 0 aliphatic heterocycles. The zero-order valence-corrected chi connectivity index (χ0v) is 14.7. The zero-order chi connectivity index (χ0) is 17.5. The summed E-state index contributed by atoms with van der Waals surface area (Å²) < 4.78 is 7.38. The van der Waals surface area contributed by atoms with Gasteiger partial charge < -0.3 is 14.4 Å². The van der Waals surface area contributed by atoms with Gasteiger partial charge in [-0.3, -0.25) is 10.1 Å². The topological polar surface area (TPSA) is 76.4 Å². The molecule has 0 spiro atoms. The van der Waals surface area contributed by atoms with E-state index in [1.165, 1.54) is 0 Å². The number of carbonyl (C=O) groups is 1. The van der Waals surface area contributed by atoms with E-state index in [4.69, 9.17) is 4.74 Å². The molecule has 0 fully saturated rings. The Bertz CT molecular complexity index is 667. The van der Waals surface area contributed by atoms with Crippen molar-refractivity contribution in [2.75, 3.05) is 18.5 Å². The first-order valence-electron chi connectivity index (χ1n) is 8.53. The number of nitrogens with one attached hydrogen (secondary N) is 1. The number of amides is 1. The van der Waals surface area contributed by atoms with Crippen molar-refractivity contribution in [1.29, 1.82) is 0 Å². The van der Waals surface area contributed by atoms with Crippen molar-refractivity contribution in [3.63, 3.8) is 0 Å². The Morgan fingerprint density at radius 2 is 2.12 bits per heavy atom. The van der Waals surface area contributed by atoms with Gasteiger partial charge in [-0.15, -0.1) is 0 Å². The fraction of sp³-hybridized carbons (Fsp3) is 0.556. The van der Waals surface area contributed by atoms with Gasteiger partial charge in [0.15, 0.2) is 0 Å². The second-order valence-electron chi connectivity index (χ2n) is 6.19. The molecule has 2 aromatic rings. The molecule has 1 amide bonds. The number of aliphatic hydroxyl groups is 1. The maximum Gasteiger partial charge on any atom is 0.229 e. The van der Waals surface area contributed by atoms with E-state index in [1.54, 1.807) is 0 Å². The minimum Gasteiger partial charge on any atom is -0.392 e. The summed E-state index contributed by atoms with van der Waals surface area (Å²) in [6, 6.07) is 7.79. The average molecular weight is 333 g/mol. The largest absolute Gasteiger partial charge is 0.392 e. The molecule has 132 valence electrons. The van der Waals surface area contributed by atoms with Crippen molar-refractivity contribution in [1.82, 2.24) is 9.55 Å². The first-order chi connectivity index (χ1) is 11.5. The second kappa shape index (κ2) is 8.80. The number of benzene rings is 1. The lowest BCUT2D eigenvalue weighted by Gasteiger charge is -2.14. The monoisotopic (exact) mass is 333 g/mol. The molecule has 0 radical (unpaired) electrons. The van der Waals surface area contributed by atoms with Gasteiger partial charge in [-0.1, -0.05) is 26.0 Å². The van der Waals surface area contributed by atoms with Gasteiger partial charge in [-0.2, -0.15) is 0 Å². The number of ether oxygens (including phenoxy) is 1. The van der Waals surface area contributed by atoms with Crippen LogP contribution >= 0.6 is 0 Å². The van der Waals surface area contributed by atoms with Crippen molar-refractivity contribution < 1.29 is 14.6 Å². The van der Waals surface area contributed by atoms with Crippen molar-refractivity contribution in [3.05, 3.63) is 24.3 Å². The molecular weight excluding hydrogens is 306 g/mol. The predicted octanol–water partition coefficient (Wildman–Crippen LogP) is 2.81. The molecule has 1 unspecified atom stereocenters. The Morgan fingerprint density at radius 3 is 2.83 bits per heavy atom. The quantitative estimate of drug-likeness (QED) is 0.692. The summed E-state index contributed by atoms with van der Waals surface area (Å²) in [6.07, 6.45) is 0.256. The summed E-state index contributed by atoms with van der Waals surface area (Å²) in [5.41, 5.74) is 1.82. The Labute approximate surface area is 142 Å². The van der Waals surface area contributed by atoms with Crippen LogP contribution < -0.4 is 5.32 Å². The summed E-state index contributed by atoms with van der Waals surface area (Å²) in [5.74, 6) is 0.340. The van der Waals surface area contributed by atoms with Crippen LogP contribution in [0.5, 0.6) is 0 Å². The number of nitrogens with zero attached hydrogens (tertiary/aromatic N) is 2. The third-order valence-corrected chi connectivity index (χ3v) is 3.94. The molecule has 24 heavy (non-hydrogen) atoms. The summed E-state index contributed by atoms with van der Waals surface area (Å²) in [4.78, 5) is 16.7. The summed E-state index contributed by atoms with van der Waals surface area (Å²) in [5, 5.41) is 12.7. The molecular formula is C18H27N3O3. The van der Waals surface area contributed by atoms with Gasteiger partial charge in [-0.05, 0) is 31.4 Å². The third kappa shape index (κ3) is 4.79. The highest BCUT2D eigenvalue weighted by atomic mass is 16.5. The lowest BCUT2D eigenvalue weighted by molar-refractivity contribution is -0.118. The molecule has 2 rings (SSSR count). The van der Waals surface area contributed by atoms with Gasteiger partial charge in [0, 0.05) is 19.8 Å². The molecule has 1 heterocycles. The highest BCUT2D eigenvalue weighted by Gasteiger charge is 2.17. The fourth-order valence-electron chi connectivity index (χ4n) is 2.47. The van der Waals surface area contributed by atoms with Gasteiger partial charge in [-0.25, -0.2) is 4.98 Å². The highest BCUT2D eigenvalue weighted by Crippen LogP contribution is 2.20. The van der Waals surface area contributed by atoms with Crippen molar-refractivity contribution in [2.45, 2.75) is 46.3 Å². The van der Waals surface area contributed by atoms with Gasteiger partial charge in [0.25, 0.3) is 0 Å². The van der Waals surface area contributed by atoms with Gasteiger partial charge in [0.05, 0.1) is 23.6 Å². The molecule has 0 saturated heterocycles. The average Bonchev–Trinajstić information content (AvgIpc) is 2.88. The molecule has 6 nitrogen and oxygen atoms in total. The van der Waals surface area contributed by atoms with E-state index in [1.807, 2.05) is 49.6 Å². The number of anilines is 1. The maximum atomic E-state index is 12.2. The van der Waals surface area contributed by atoms with Crippen LogP contribution in [-0.2, 0) is 16.1 Å². The number of aromatic nitrogens is 2. The number of imidazole rings is 1. The molecule has 0 aliphatic carbocycles. The Balaban J connectivity index is 2.14. The molecule has 0 aliphatic rings. The van der Waals surface area contributed by atoms with Crippen LogP contribution in [0.2, 0.25) is 0 Å². The van der Waals surface area contributed by atoms with Gasteiger partial charge in [0.2, 0.25) is 11.9 Å². The number of para-hydroxylation sites is 2. The highest BCUT2D eigenvalue weighted by molar-refractivity contribution is 5.91. The normalized spacial score (nSPS) is 12.7. The molecule has 1 aromatic heterocycles. The van der Waals surface area contributed by atoms with Gasteiger partial charge in [0.1, 0.15) is 0 Å². The van der Waals surface area contributed by atoms with Gasteiger partial charge >= 0.3 is 0 Å². The zero-order valence-electron chi connectivity index (χ0n) is 14.7. The number of aliphatic hydroxyl groups excluding tert-OH is 1. The second-order valence-corrected chi connectivity index (χ2v) is 6.19. The van der Waals surface area contributed by atoms with Crippen molar-refractivity contribution in [2.24, 2.45) is 5.92 Å². The number of fused-ring (bicyclic) bond motifs is 1. The van der Waals surface area contributed by atoms with Crippen LogP contribution in [0.4, 0.5) is 5.95 Å². The number of hydrogen-bond acceptors (Lipinski definition) is 4. The van der Waals surface area contributed by atoms with E-state index < -0.39 is 6.10 Å². The summed E-state index contributed by atoms with van der Waals surface area (Å²) in [7, 11) is 0. The smallest absolute Gasteiger partial charge is 0.229 e. The van der Waals surface area contributed by atoms with Crippen LogP contribution in [0.3, 0.4) is 0 Å².